The van der Waals surface area contributed by atoms with Crippen molar-refractivity contribution in [2.45, 2.75) is 0 Å². The minimum absolute atomic E-state index is 0.225. The summed E-state index contributed by atoms with van der Waals surface area (Å²) >= 11 is 0. The average molecular weight is 281 g/mol. The summed E-state index contributed by atoms with van der Waals surface area (Å²) in [6.45, 7) is 0. The van der Waals surface area contributed by atoms with Crippen molar-refractivity contribution in [3.05, 3.63) is 51.8 Å². The highest BCUT2D eigenvalue weighted by molar-refractivity contribution is 6.06. The first-order valence-corrected chi connectivity index (χ1v) is 5.07. The zero-order valence-electron chi connectivity index (χ0n) is 9.58. The molecule has 1 amide bonds. The number of rotatable bonds is 3. The van der Waals surface area contributed by atoms with Crippen molar-refractivity contribution in [3.63, 3.8) is 0 Å². The summed E-state index contributed by atoms with van der Waals surface area (Å²) in [5.74, 6) is -4.08. The molecule has 0 bridgehead atoms. The Hall–Kier alpha value is -3.04. The van der Waals surface area contributed by atoms with Gasteiger partial charge in [0.15, 0.2) is 11.6 Å². The Morgan fingerprint density at radius 1 is 1.25 bits per heavy atom. The molecule has 0 atom stereocenters. The number of anilines is 1. The van der Waals surface area contributed by atoms with Gasteiger partial charge >= 0.3 is 0 Å². The maximum Gasteiger partial charge on any atom is 0.285 e. The van der Waals surface area contributed by atoms with E-state index in [4.69, 9.17) is 0 Å². The molecule has 0 aliphatic rings. The van der Waals surface area contributed by atoms with Crippen molar-refractivity contribution < 1.29 is 18.5 Å². The van der Waals surface area contributed by atoms with Crippen LogP contribution in [-0.2, 0) is 0 Å². The fraction of sp³-hybridized carbons (Fsp3) is 0. The molecule has 102 valence electrons. The number of halogens is 2. The summed E-state index contributed by atoms with van der Waals surface area (Å²) in [5.41, 5.74) is -1.52. The molecule has 1 heterocycles. The van der Waals surface area contributed by atoms with E-state index in [1.807, 2.05) is 0 Å². The number of hydrogen-bond donors (Lipinski definition) is 1. The first-order valence-electron chi connectivity index (χ1n) is 5.07. The zero-order valence-corrected chi connectivity index (χ0v) is 9.58. The van der Waals surface area contributed by atoms with E-state index in [1.165, 1.54) is 12.4 Å². The van der Waals surface area contributed by atoms with Gasteiger partial charge in [-0.05, 0) is 6.07 Å². The summed E-state index contributed by atoms with van der Waals surface area (Å²) < 4.78 is 26.1. The van der Waals surface area contributed by atoms with Gasteiger partial charge in [0.25, 0.3) is 11.6 Å². The number of amides is 1. The molecule has 0 unspecified atom stereocenters. The van der Waals surface area contributed by atoms with Crippen LogP contribution in [-0.4, -0.2) is 26.0 Å². The van der Waals surface area contributed by atoms with Gasteiger partial charge in [-0.2, -0.15) is 5.10 Å². The van der Waals surface area contributed by atoms with Gasteiger partial charge in [0, 0.05) is 0 Å². The van der Waals surface area contributed by atoms with Crippen molar-refractivity contribution in [2.75, 3.05) is 5.32 Å². The normalized spacial score (nSPS) is 10.1. The van der Waals surface area contributed by atoms with Crippen LogP contribution in [0.4, 0.5) is 20.4 Å². The fourth-order valence-corrected chi connectivity index (χ4v) is 1.34. The SMILES string of the molecule is O=C(Nc1nccnn1)c1cc(F)c(F)cc1[N+](=O)[O-]. The Balaban J connectivity index is 2.39. The van der Waals surface area contributed by atoms with Crippen molar-refractivity contribution in [2.24, 2.45) is 0 Å². The molecule has 1 N–H and O–H groups in total. The second-order valence-electron chi connectivity index (χ2n) is 3.46. The number of carbonyl (C=O) groups is 1. The molecular weight excluding hydrogens is 276 g/mol. The first-order chi connectivity index (χ1) is 9.49. The van der Waals surface area contributed by atoms with Crippen LogP contribution in [0.15, 0.2) is 24.5 Å². The van der Waals surface area contributed by atoms with E-state index in [1.54, 1.807) is 0 Å². The Morgan fingerprint density at radius 2 is 1.95 bits per heavy atom. The van der Waals surface area contributed by atoms with Crippen molar-refractivity contribution in [1.29, 1.82) is 0 Å². The van der Waals surface area contributed by atoms with Gasteiger partial charge in [0.1, 0.15) is 5.56 Å². The zero-order chi connectivity index (χ0) is 14.7. The Bertz CT molecular complexity index is 680. The lowest BCUT2D eigenvalue weighted by Crippen LogP contribution is -2.16. The lowest BCUT2D eigenvalue weighted by atomic mass is 10.1. The van der Waals surface area contributed by atoms with E-state index >= 15 is 0 Å². The largest absolute Gasteiger partial charge is 0.289 e. The molecule has 0 aliphatic heterocycles. The van der Waals surface area contributed by atoms with Gasteiger partial charge in [-0.15, -0.1) is 5.10 Å². The highest BCUT2D eigenvalue weighted by Gasteiger charge is 2.24. The average Bonchev–Trinajstić information content (AvgIpc) is 2.42. The van der Waals surface area contributed by atoms with Gasteiger partial charge in [0.05, 0.1) is 23.4 Å². The van der Waals surface area contributed by atoms with Gasteiger partial charge in [-0.1, -0.05) is 0 Å². The van der Waals surface area contributed by atoms with Crippen LogP contribution in [0, 0.1) is 21.7 Å². The molecule has 8 nitrogen and oxygen atoms in total. The van der Waals surface area contributed by atoms with Crippen LogP contribution in [0.1, 0.15) is 10.4 Å². The van der Waals surface area contributed by atoms with Crippen molar-refractivity contribution >= 4 is 17.5 Å². The van der Waals surface area contributed by atoms with E-state index in [0.29, 0.717) is 12.1 Å². The molecule has 0 saturated heterocycles. The monoisotopic (exact) mass is 281 g/mol. The molecule has 0 fully saturated rings. The number of aromatic nitrogens is 3. The maximum absolute atomic E-state index is 13.1. The first kappa shape index (κ1) is 13.4. The van der Waals surface area contributed by atoms with Gasteiger partial charge < -0.3 is 0 Å². The third kappa shape index (κ3) is 2.68. The van der Waals surface area contributed by atoms with Crippen molar-refractivity contribution in [3.8, 4) is 0 Å². The summed E-state index contributed by atoms with van der Waals surface area (Å²) in [6.07, 6.45) is 2.47. The van der Waals surface area contributed by atoms with E-state index in [2.05, 4.69) is 20.5 Å². The molecule has 2 rings (SSSR count). The molecule has 20 heavy (non-hydrogen) atoms. The Labute approximate surface area is 109 Å². The molecule has 0 saturated carbocycles. The Morgan fingerprint density at radius 3 is 2.55 bits per heavy atom. The second kappa shape index (κ2) is 5.30. The second-order valence-corrected chi connectivity index (χ2v) is 3.46. The number of nitrogens with one attached hydrogen (secondary N) is 1. The summed E-state index contributed by atoms with van der Waals surface area (Å²) in [6, 6.07) is 0.757. The molecule has 1 aromatic heterocycles. The fourth-order valence-electron chi connectivity index (χ4n) is 1.34. The lowest BCUT2D eigenvalue weighted by Gasteiger charge is -2.04. The lowest BCUT2D eigenvalue weighted by molar-refractivity contribution is -0.385. The number of carbonyl (C=O) groups excluding carboxylic acids is 1. The van der Waals surface area contributed by atoms with E-state index < -0.39 is 33.7 Å². The molecular formula is C10H5F2N5O3. The minimum Gasteiger partial charge on any atom is -0.289 e. The molecule has 1 aromatic carbocycles. The van der Waals surface area contributed by atoms with E-state index in [0.717, 1.165) is 0 Å². The summed E-state index contributed by atoms with van der Waals surface area (Å²) in [4.78, 5) is 25.1. The van der Waals surface area contributed by atoms with Crippen LogP contribution >= 0.6 is 0 Å². The van der Waals surface area contributed by atoms with Gasteiger partial charge in [-0.3, -0.25) is 20.2 Å². The minimum atomic E-state index is -1.43. The summed E-state index contributed by atoms with van der Waals surface area (Å²) in [7, 11) is 0. The topological polar surface area (TPSA) is 111 Å². The molecule has 10 heteroatoms. The third-order valence-electron chi connectivity index (χ3n) is 2.19. The molecule has 0 aliphatic carbocycles. The molecule has 0 radical (unpaired) electrons. The summed E-state index contributed by atoms with van der Waals surface area (Å²) in [5, 5.41) is 19.7. The molecule has 2 aromatic rings. The maximum atomic E-state index is 13.1. The highest BCUT2D eigenvalue weighted by Crippen LogP contribution is 2.22. The van der Waals surface area contributed by atoms with Crippen LogP contribution < -0.4 is 5.32 Å². The predicted octanol–water partition coefficient (Wildman–Crippen LogP) is 1.31. The standard InChI is InChI=1S/C10H5F2N5O3/c11-6-3-5(8(17(19)20)4-7(6)12)9(18)15-10-13-1-2-14-16-10/h1-4H,(H,13,15,16,18). The smallest absolute Gasteiger partial charge is 0.285 e. The quantitative estimate of drug-likeness (QED) is 0.670. The van der Waals surface area contributed by atoms with Gasteiger partial charge in [0.2, 0.25) is 5.95 Å². The van der Waals surface area contributed by atoms with Crippen molar-refractivity contribution in [1.82, 2.24) is 15.2 Å². The van der Waals surface area contributed by atoms with Crippen LogP contribution in [0.25, 0.3) is 0 Å². The number of nitro groups is 1. The Kier molecular flexibility index (Phi) is 3.55. The van der Waals surface area contributed by atoms with Gasteiger partial charge in [-0.25, -0.2) is 13.8 Å². The van der Waals surface area contributed by atoms with Crippen LogP contribution in [0.5, 0.6) is 0 Å². The number of hydrogen-bond acceptors (Lipinski definition) is 6. The van der Waals surface area contributed by atoms with E-state index in [-0.39, 0.29) is 5.95 Å². The van der Waals surface area contributed by atoms with Crippen LogP contribution in [0.3, 0.4) is 0 Å². The number of benzene rings is 1. The number of nitrogens with zero attached hydrogens (tertiary/aromatic N) is 4. The highest BCUT2D eigenvalue weighted by atomic mass is 19.2. The van der Waals surface area contributed by atoms with E-state index in [9.17, 15) is 23.7 Å². The number of nitro benzene ring substituents is 1. The predicted molar refractivity (Wildman–Crippen MR) is 60.8 cm³/mol. The third-order valence-corrected chi connectivity index (χ3v) is 2.19. The molecule has 0 spiro atoms. The van der Waals surface area contributed by atoms with Crippen LogP contribution in [0.2, 0.25) is 0 Å².